The molecule has 7 heteroatoms. The van der Waals surface area contributed by atoms with E-state index in [-0.39, 0.29) is 11.8 Å². The number of hydrogen-bond acceptors (Lipinski definition) is 4. The third-order valence-electron chi connectivity index (χ3n) is 3.61. The first-order chi connectivity index (χ1) is 13.1. The average Bonchev–Trinajstić information content (AvgIpc) is 2.69. The van der Waals surface area contributed by atoms with E-state index in [9.17, 15) is 9.59 Å². The highest BCUT2D eigenvalue weighted by Crippen LogP contribution is 2.17. The van der Waals surface area contributed by atoms with Crippen molar-refractivity contribution in [2.75, 3.05) is 5.32 Å². The van der Waals surface area contributed by atoms with E-state index in [2.05, 4.69) is 20.8 Å². The monoisotopic (exact) mass is 378 g/mol. The van der Waals surface area contributed by atoms with Crippen LogP contribution in [0.1, 0.15) is 26.3 Å². The van der Waals surface area contributed by atoms with Crippen LogP contribution in [0.2, 0.25) is 5.02 Å². The molecule has 2 N–H and O–H groups in total. The average molecular weight is 379 g/mol. The maximum Gasteiger partial charge on any atom is 0.271 e. The molecule has 0 bridgehead atoms. The number of carbonyl (C=O) groups is 2. The molecule has 0 saturated heterocycles. The number of nitrogens with one attached hydrogen (secondary N) is 2. The van der Waals surface area contributed by atoms with Gasteiger partial charge in [0.25, 0.3) is 11.8 Å². The second-order valence-corrected chi connectivity index (χ2v) is 5.90. The summed E-state index contributed by atoms with van der Waals surface area (Å²) in [6, 6.07) is 16.8. The van der Waals surface area contributed by atoms with Crippen LogP contribution in [0, 0.1) is 0 Å². The molecule has 0 unspecified atom stereocenters. The smallest absolute Gasteiger partial charge is 0.271 e. The van der Waals surface area contributed by atoms with E-state index in [0.717, 1.165) is 5.56 Å². The zero-order chi connectivity index (χ0) is 19.1. The first-order valence-corrected chi connectivity index (χ1v) is 8.40. The molecule has 0 radical (unpaired) electrons. The van der Waals surface area contributed by atoms with Crippen LogP contribution in [-0.4, -0.2) is 23.0 Å². The van der Waals surface area contributed by atoms with Crippen molar-refractivity contribution < 1.29 is 9.59 Å². The minimum atomic E-state index is -0.357. The number of benzene rings is 2. The number of amides is 2. The summed E-state index contributed by atoms with van der Waals surface area (Å²) in [4.78, 5) is 28.2. The molecule has 27 heavy (non-hydrogen) atoms. The maximum atomic E-state index is 12.2. The van der Waals surface area contributed by atoms with Gasteiger partial charge in [-0.3, -0.25) is 14.6 Å². The first-order valence-electron chi connectivity index (χ1n) is 8.03. The van der Waals surface area contributed by atoms with Gasteiger partial charge in [0.05, 0.1) is 16.8 Å². The second-order valence-electron chi connectivity index (χ2n) is 5.49. The fourth-order valence-electron chi connectivity index (χ4n) is 2.23. The Morgan fingerprint density at radius 3 is 2.33 bits per heavy atom. The van der Waals surface area contributed by atoms with Crippen LogP contribution in [0.3, 0.4) is 0 Å². The molecule has 0 atom stereocenters. The lowest BCUT2D eigenvalue weighted by atomic mass is 10.1. The van der Waals surface area contributed by atoms with Gasteiger partial charge in [0.15, 0.2) is 0 Å². The van der Waals surface area contributed by atoms with Gasteiger partial charge in [-0.2, -0.15) is 5.10 Å². The van der Waals surface area contributed by atoms with Crippen LogP contribution in [0.5, 0.6) is 0 Å². The lowest BCUT2D eigenvalue weighted by molar-refractivity contribution is 0.0954. The van der Waals surface area contributed by atoms with Gasteiger partial charge >= 0.3 is 0 Å². The molecule has 6 nitrogen and oxygen atoms in total. The maximum absolute atomic E-state index is 12.2. The van der Waals surface area contributed by atoms with Crippen LogP contribution in [0.15, 0.2) is 78.2 Å². The largest absolute Gasteiger partial charge is 0.322 e. The zero-order valence-corrected chi connectivity index (χ0v) is 14.9. The van der Waals surface area contributed by atoms with Gasteiger partial charge in [-0.25, -0.2) is 5.43 Å². The van der Waals surface area contributed by atoms with Crippen LogP contribution < -0.4 is 10.7 Å². The molecule has 0 aliphatic carbocycles. The summed E-state index contributed by atoms with van der Waals surface area (Å²) in [7, 11) is 0. The van der Waals surface area contributed by atoms with Crippen molar-refractivity contribution in [1.82, 2.24) is 10.4 Å². The predicted molar refractivity (Wildman–Crippen MR) is 105 cm³/mol. The highest BCUT2D eigenvalue weighted by atomic mass is 35.5. The number of halogens is 1. The Labute approximate surface area is 160 Å². The first kappa shape index (κ1) is 18.3. The predicted octanol–water partition coefficient (Wildman–Crippen LogP) is 3.75. The van der Waals surface area contributed by atoms with E-state index in [0.29, 0.717) is 21.8 Å². The fraction of sp³-hybridized carbons (Fsp3) is 0. The van der Waals surface area contributed by atoms with E-state index < -0.39 is 0 Å². The Bertz CT molecular complexity index is 973. The number of hydrazone groups is 1. The normalized spacial score (nSPS) is 10.6. The molecule has 0 spiro atoms. The van der Waals surface area contributed by atoms with Gasteiger partial charge in [0, 0.05) is 23.6 Å². The molecule has 0 aliphatic heterocycles. The summed E-state index contributed by atoms with van der Waals surface area (Å²) in [6.07, 6.45) is 4.80. The molecule has 0 saturated carbocycles. The number of hydrogen-bond donors (Lipinski definition) is 2. The number of aromatic nitrogens is 1. The Hall–Kier alpha value is -3.51. The van der Waals surface area contributed by atoms with Crippen molar-refractivity contribution in [2.45, 2.75) is 0 Å². The third-order valence-corrected chi connectivity index (χ3v) is 3.94. The molecule has 0 fully saturated rings. The van der Waals surface area contributed by atoms with Gasteiger partial charge in [0.1, 0.15) is 0 Å². The van der Waals surface area contributed by atoms with Gasteiger partial charge in [-0.15, -0.1) is 0 Å². The molecule has 1 heterocycles. The van der Waals surface area contributed by atoms with Crippen molar-refractivity contribution in [2.24, 2.45) is 5.10 Å². The highest BCUT2D eigenvalue weighted by Gasteiger charge is 2.10. The van der Waals surface area contributed by atoms with Crippen LogP contribution >= 0.6 is 11.6 Å². The topological polar surface area (TPSA) is 83.4 Å². The molecular weight excluding hydrogens is 364 g/mol. The quantitative estimate of drug-likeness (QED) is 0.524. The Kier molecular flexibility index (Phi) is 5.91. The van der Waals surface area contributed by atoms with E-state index >= 15 is 0 Å². The van der Waals surface area contributed by atoms with E-state index in [4.69, 9.17) is 11.6 Å². The second kappa shape index (κ2) is 8.73. The molecule has 2 amide bonds. The van der Waals surface area contributed by atoms with Gasteiger partial charge < -0.3 is 5.32 Å². The summed E-state index contributed by atoms with van der Waals surface area (Å²) in [5, 5.41) is 7.01. The van der Waals surface area contributed by atoms with Crippen LogP contribution in [0.25, 0.3) is 0 Å². The molecule has 0 aliphatic rings. The number of anilines is 1. The molecule has 2 aromatic carbocycles. The summed E-state index contributed by atoms with van der Waals surface area (Å²) in [5.74, 6) is -0.677. The van der Waals surface area contributed by atoms with Gasteiger partial charge in [-0.1, -0.05) is 23.7 Å². The van der Waals surface area contributed by atoms with Crippen molar-refractivity contribution >= 4 is 35.3 Å². The summed E-state index contributed by atoms with van der Waals surface area (Å²) >= 11 is 6.01. The summed E-state index contributed by atoms with van der Waals surface area (Å²) in [5.41, 5.74) is 4.62. The van der Waals surface area contributed by atoms with E-state index in [1.807, 2.05) is 0 Å². The molecule has 3 rings (SSSR count). The zero-order valence-electron chi connectivity index (χ0n) is 14.1. The van der Waals surface area contributed by atoms with Crippen LogP contribution in [0.4, 0.5) is 5.69 Å². The number of rotatable bonds is 5. The lowest BCUT2D eigenvalue weighted by Gasteiger charge is -2.07. The lowest BCUT2D eigenvalue weighted by Crippen LogP contribution is -2.18. The van der Waals surface area contributed by atoms with Crippen molar-refractivity contribution in [3.63, 3.8) is 0 Å². The summed E-state index contributed by atoms with van der Waals surface area (Å²) in [6.45, 7) is 0. The summed E-state index contributed by atoms with van der Waals surface area (Å²) < 4.78 is 0. The van der Waals surface area contributed by atoms with E-state index in [1.165, 1.54) is 6.21 Å². The fourth-order valence-corrected chi connectivity index (χ4v) is 2.45. The Morgan fingerprint density at radius 2 is 1.63 bits per heavy atom. The van der Waals surface area contributed by atoms with Crippen molar-refractivity contribution in [1.29, 1.82) is 0 Å². The third kappa shape index (κ3) is 4.99. The number of carbonyl (C=O) groups excluding carboxylic acids is 2. The number of nitrogens with zero attached hydrogens (tertiary/aromatic N) is 2. The van der Waals surface area contributed by atoms with Crippen molar-refractivity contribution in [3.8, 4) is 0 Å². The minimum Gasteiger partial charge on any atom is -0.322 e. The molecule has 134 valence electrons. The minimum absolute atomic E-state index is 0.320. The van der Waals surface area contributed by atoms with Gasteiger partial charge in [-0.05, 0) is 54.1 Å². The van der Waals surface area contributed by atoms with Crippen LogP contribution in [-0.2, 0) is 0 Å². The van der Waals surface area contributed by atoms with E-state index in [1.54, 1.807) is 73.1 Å². The molecular formula is C20H15ClN4O2. The highest BCUT2D eigenvalue weighted by molar-refractivity contribution is 6.34. The SMILES string of the molecule is O=C(NN=Cc1ccncc1)c1ccc(NC(=O)c2ccccc2Cl)cc1. The number of pyridine rings is 1. The Balaban J connectivity index is 1.59. The Morgan fingerprint density at radius 1 is 0.926 bits per heavy atom. The standard InChI is InChI=1S/C20H15ClN4O2/c21-18-4-2-1-3-17(18)20(27)24-16-7-5-15(6-8-16)19(26)25-23-13-14-9-11-22-12-10-14/h1-13H,(H,24,27)(H,25,26). The van der Waals surface area contributed by atoms with Gasteiger partial charge in [0.2, 0.25) is 0 Å². The molecule has 3 aromatic rings. The van der Waals surface area contributed by atoms with Crippen molar-refractivity contribution in [3.05, 3.63) is 94.8 Å². The molecule has 1 aromatic heterocycles.